The summed E-state index contributed by atoms with van der Waals surface area (Å²) in [6.07, 6.45) is 0. The molecule has 16 heavy (non-hydrogen) atoms. The third kappa shape index (κ3) is 4.10. The van der Waals surface area contributed by atoms with Crippen LogP contribution in [0.4, 0.5) is 5.69 Å². The van der Waals surface area contributed by atoms with E-state index in [-0.39, 0.29) is 5.97 Å². The predicted octanol–water partition coefficient (Wildman–Crippen LogP) is 3.83. The van der Waals surface area contributed by atoms with Crippen molar-refractivity contribution >= 4 is 27.6 Å². The zero-order valence-electron chi connectivity index (χ0n) is 9.40. The summed E-state index contributed by atoms with van der Waals surface area (Å²) >= 11 is 3.35. The Morgan fingerprint density at radius 2 is 2.00 bits per heavy atom. The van der Waals surface area contributed by atoms with Crippen LogP contribution >= 0.6 is 15.9 Å². The Labute approximate surface area is 103 Å². The van der Waals surface area contributed by atoms with Gasteiger partial charge in [0.1, 0.15) is 0 Å². The SMILES string of the molecule is CC(=O)OC(C)(C)N=Nc1ccccc1Br. The lowest BCUT2D eigenvalue weighted by Gasteiger charge is -2.17. The Balaban J connectivity index is 2.80. The minimum absolute atomic E-state index is 0.379. The van der Waals surface area contributed by atoms with Crippen molar-refractivity contribution < 1.29 is 9.53 Å². The summed E-state index contributed by atoms with van der Waals surface area (Å²) in [5.41, 5.74) is -0.246. The molecular weight excluding hydrogens is 272 g/mol. The van der Waals surface area contributed by atoms with Gasteiger partial charge in [0.05, 0.1) is 5.69 Å². The van der Waals surface area contributed by atoms with Crippen LogP contribution in [0.15, 0.2) is 39.0 Å². The van der Waals surface area contributed by atoms with Crippen LogP contribution in [0.1, 0.15) is 20.8 Å². The standard InChI is InChI=1S/C11H13BrN2O2/c1-8(15)16-11(2,3)14-13-10-7-5-4-6-9(10)12/h4-7H,1-3H3. The summed E-state index contributed by atoms with van der Waals surface area (Å²) < 4.78 is 5.83. The van der Waals surface area contributed by atoms with Gasteiger partial charge in [0.25, 0.3) is 0 Å². The van der Waals surface area contributed by atoms with E-state index in [2.05, 4.69) is 26.2 Å². The Morgan fingerprint density at radius 3 is 2.56 bits per heavy atom. The summed E-state index contributed by atoms with van der Waals surface area (Å²) in [4.78, 5) is 10.8. The number of carbonyl (C=O) groups excluding carboxylic acids is 1. The maximum atomic E-state index is 10.8. The lowest BCUT2D eigenvalue weighted by atomic mass is 10.3. The molecule has 0 aliphatic rings. The van der Waals surface area contributed by atoms with Gasteiger partial charge < -0.3 is 4.74 Å². The normalized spacial score (nSPS) is 11.8. The quantitative estimate of drug-likeness (QED) is 0.626. The third-order valence-corrected chi connectivity index (χ3v) is 2.32. The lowest BCUT2D eigenvalue weighted by molar-refractivity contribution is -0.153. The summed E-state index contributed by atoms with van der Waals surface area (Å²) in [7, 11) is 0. The van der Waals surface area contributed by atoms with Crippen molar-refractivity contribution in [3.63, 3.8) is 0 Å². The van der Waals surface area contributed by atoms with Gasteiger partial charge in [-0.2, -0.15) is 5.11 Å². The van der Waals surface area contributed by atoms with E-state index in [0.29, 0.717) is 5.69 Å². The van der Waals surface area contributed by atoms with E-state index in [9.17, 15) is 4.79 Å². The molecule has 0 unspecified atom stereocenters. The van der Waals surface area contributed by atoms with E-state index in [4.69, 9.17) is 4.74 Å². The zero-order valence-corrected chi connectivity index (χ0v) is 11.0. The minimum Gasteiger partial charge on any atom is -0.436 e. The van der Waals surface area contributed by atoms with E-state index in [1.54, 1.807) is 13.8 Å². The molecule has 0 radical (unpaired) electrons. The van der Waals surface area contributed by atoms with Gasteiger partial charge in [0, 0.05) is 11.4 Å². The molecule has 0 aliphatic heterocycles. The molecule has 0 atom stereocenters. The maximum absolute atomic E-state index is 10.8. The number of hydrogen-bond acceptors (Lipinski definition) is 4. The van der Waals surface area contributed by atoms with Crippen LogP contribution in [0.3, 0.4) is 0 Å². The second kappa shape index (κ2) is 5.21. The second-order valence-corrected chi connectivity index (χ2v) is 4.55. The number of rotatable bonds is 3. The summed E-state index contributed by atoms with van der Waals surface area (Å²) in [6, 6.07) is 7.43. The van der Waals surface area contributed by atoms with Crippen LogP contribution in [0.5, 0.6) is 0 Å². The van der Waals surface area contributed by atoms with Gasteiger partial charge in [-0.05, 0) is 41.9 Å². The van der Waals surface area contributed by atoms with E-state index < -0.39 is 5.72 Å². The fraction of sp³-hybridized carbons (Fsp3) is 0.364. The smallest absolute Gasteiger partial charge is 0.304 e. The fourth-order valence-electron chi connectivity index (χ4n) is 1.08. The van der Waals surface area contributed by atoms with Crippen molar-refractivity contribution in [2.45, 2.75) is 26.5 Å². The molecule has 0 aliphatic carbocycles. The molecular formula is C11H13BrN2O2. The molecule has 1 aromatic carbocycles. The number of ether oxygens (including phenoxy) is 1. The molecule has 86 valence electrons. The molecule has 1 rings (SSSR count). The third-order valence-electron chi connectivity index (χ3n) is 1.64. The number of halogens is 1. The van der Waals surface area contributed by atoms with Crippen molar-refractivity contribution in [2.24, 2.45) is 10.2 Å². The van der Waals surface area contributed by atoms with Gasteiger partial charge in [-0.25, -0.2) is 0 Å². The van der Waals surface area contributed by atoms with Crippen LogP contribution < -0.4 is 0 Å². The van der Waals surface area contributed by atoms with Crippen LogP contribution in [-0.4, -0.2) is 11.7 Å². The van der Waals surface area contributed by atoms with Crippen molar-refractivity contribution in [1.82, 2.24) is 0 Å². The van der Waals surface area contributed by atoms with E-state index in [1.165, 1.54) is 6.92 Å². The lowest BCUT2D eigenvalue weighted by Crippen LogP contribution is -2.23. The molecule has 4 nitrogen and oxygen atoms in total. The molecule has 0 heterocycles. The van der Waals surface area contributed by atoms with Gasteiger partial charge in [0.2, 0.25) is 5.72 Å². The Morgan fingerprint density at radius 1 is 1.38 bits per heavy atom. The molecule has 5 heteroatoms. The highest BCUT2D eigenvalue weighted by molar-refractivity contribution is 9.10. The molecule has 0 amide bonds. The molecule has 0 fully saturated rings. The molecule has 0 N–H and O–H groups in total. The van der Waals surface area contributed by atoms with Gasteiger partial charge in [-0.15, -0.1) is 5.11 Å². The van der Waals surface area contributed by atoms with E-state index in [0.717, 1.165) is 4.47 Å². The van der Waals surface area contributed by atoms with E-state index >= 15 is 0 Å². The van der Waals surface area contributed by atoms with Crippen LogP contribution in [0, 0.1) is 0 Å². The van der Waals surface area contributed by atoms with Gasteiger partial charge >= 0.3 is 5.97 Å². The summed E-state index contributed by atoms with van der Waals surface area (Å²) in [6.45, 7) is 4.69. The molecule has 1 aromatic rings. The number of hydrogen-bond donors (Lipinski definition) is 0. The van der Waals surface area contributed by atoms with E-state index in [1.807, 2.05) is 24.3 Å². The molecule has 0 spiro atoms. The molecule has 0 bridgehead atoms. The summed E-state index contributed by atoms with van der Waals surface area (Å²) in [5, 5.41) is 8.01. The number of nitrogens with zero attached hydrogens (tertiary/aromatic N) is 2. The average molecular weight is 285 g/mol. The van der Waals surface area contributed by atoms with Gasteiger partial charge in [-0.3, -0.25) is 4.79 Å². The van der Waals surface area contributed by atoms with Crippen LogP contribution in [0.2, 0.25) is 0 Å². The first-order valence-corrected chi connectivity index (χ1v) is 5.57. The van der Waals surface area contributed by atoms with Gasteiger partial charge in [-0.1, -0.05) is 12.1 Å². The fourth-order valence-corrected chi connectivity index (χ4v) is 1.44. The Bertz CT molecular complexity index is 416. The van der Waals surface area contributed by atoms with Crippen LogP contribution in [-0.2, 0) is 9.53 Å². The van der Waals surface area contributed by atoms with Gasteiger partial charge in [0.15, 0.2) is 0 Å². The number of carbonyl (C=O) groups is 1. The predicted molar refractivity (Wildman–Crippen MR) is 64.5 cm³/mol. The largest absolute Gasteiger partial charge is 0.436 e. The Hall–Kier alpha value is -1.23. The van der Waals surface area contributed by atoms with Crippen molar-refractivity contribution in [1.29, 1.82) is 0 Å². The highest BCUT2D eigenvalue weighted by atomic mass is 79.9. The van der Waals surface area contributed by atoms with Crippen molar-refractivity contribution in [2.75, 3.05) is 0 Å². The molecule has 0 saturated heterocycles. The van der Waals surface area contributed by atoms with Crippen molar-refractivity contribution in [3.05, 3.63) is 28.7 Å². The maximum Gasteiger partial charge on any atom is 0.304 e. The average Bonchev–Trinajstić information content (AvgIpc) is 2.14. The summed E-state index contributed by atoms with van der Waals surface area (Å²) in [5.74, 6) is -0.379. The number of benzene rings is 1. The Kier molecular flexibility index (Phi) is 4.18. The minimum atomic E-state index is -0.943. The highest BCUT2D eigenvalue weighted by Gasteiger charge is 2.19. The topological polar surface area (TPSA) is 51.0 Å². The first-order chi connectivity index (χ1) is 7.41. The number of azo groups is 1. The zero-order chi connectivity index (χ0) is 12.2. The number of esters is 1. The second-order valence-electron chi connectivity index (χ2n) is 3.69. The monoisotopic (exact) mass is 284 g/mol. The van der Waals surface area contributed by atoms with Crippen molar-refractivity contribution in [3.8, 4) is 0 Å². The first kappa shape index (κ1) is 12.8. The molecule has 0 aromatic heterocycles. The molecule has 0 saturated carbocycles. The highest BCUT2D eigenvalue weighted by Crippen LogP contribution is 2.26. The first-order valence-electron chi connectivity index (χ1n) is 4.78. The van der Waals surface area contributed by atoms with Crippen LogP contribution in [0.25, 0.3) is 0 Å².